The van der Waals surface area contributed by atoms with Crippen LogP contribution in [0.2, 0.25) is 0 Å². The molecule has 2 aromatic carbocycles. The summed E-state index contributed by atoms with van der Waals surface area (Å²) in [4.78, 5) is 71.3. The van der Waals surface area contributed by atoms with Crippen LogP contribution < -0.4 is 10.6 Å². The normalized spacial score (nSPS) is 17.7. The number of aromatic amines is 2. The highest BCUT2D eigenvalue weighted by atomic mass is 32.1. The second kappa shape index (κ2) is 17.1. The summed E-state index contributed by atoms with van der Waals surface area (Å²) in [5.41, 5.74) is 6.65. The molecule has 8 rings (SSSR count). The minimum Gasteiger partial charge on any atom is -0.465 e. The van der Waals surface area contributed by atoms with Crippen LogP contribution in [-0.4, -0.2) is 84.6 Å². The van der Waals surface area contributed by atoms with Crippen molar-refractivity contribution in [1.82, 2.24) is 40.4 Å². The first-order chi connectivity index (χ1) is 28.6. The van der Waals surface area contributed by atoms with E-state index in [0.29, 0.717) is 30.3 Å². The zero-order chi connectivity index (χ0) is 41.2. The highest BCUT2D eigenvalue weighted by Gasteiger charge is 2.39. The van der Waals surface area contributed by atoms with Gasteiger partial charge in [0.1, 0.15) is 23.7 Å². The van der Waals surface area contributed by atoms with E-state index in [1.54, 1.807) is 45.6 Å². The van der Waals surface area contributed by atoms with Gasteiger partial charge in [0.15, 0.2) is 0 Å². The van der Waals surface area contributed by atoms with Crippen LogP contribution in [0.3, 0.4) is 0 Å². The maximum Gasteiger partial charge on any atom is 0.408 e. The van der Waals surface area contributed by atoms with Crippen LogP contribution in [0.4, 0.5) is 9.59 Å². The summed E-state index contributed by atoms with van der Waals surface area (Å²) in [5.74, 6) is 0.776. The number of aromatic nitrogens is 4. The minimum atomic E-state index is -1.21. The first-order valence-corrected chi connectivity index (χ1v) is 21.7. The van der Waals surface area contributed by atoms with Gasteiger partial charge in [-0.05, 0) is 55.2 Å². The predicted octanol–water partition coefficient (Wildman–Crippen LogP) is 8.52. The third kappa shape index (κ3) is 8.06. The zero-order valence-corrected chi connectivity index (χ0v) is 34.6. The summed E-state index contributed by atoms with van der Waals surface area (Å²) in [6, 6.07) is 15.3. The van der Waals surface area contributed by atoms with Gasteiger partial charge in [-0.1, -0.05) is 68.4 Å². The van der Waals surface area contributed by atoms with E-state index in [-0.39, 0.29) is 36.4 Å². The number of H-pyrrole nitrogens is 2. The number of carboxylic acid groups (broad SMARTS) is 1. The van der Waals surface area contributed by atoms with Gasteiger partial charge in [-0.25, -0.2) is 19.6 Å². The number of fused-ring (bicyclic) bond motifs is 1. The fourth-order valence-corrected chi connectivity index (χ4v) is 10.6. The number of likely N-dealkylation sites (tertiary alicyclic amines) is 2. The van der Waals surface area contributed by atoms with E-state index in [2.05, 4.69) is 55.6 Å². The van der Waals surface area contributed by atoms with Crippen molar-refractivity contribution in [2.24, 2.45) is 5.92 Å². The summed E-state index contributed by atoms with van der Waals surface area (Å²) in [7, 11) is 0. The molecule has 14 nitrogen and oxygen atoms in total. The van der Waals surface area contributed by atoms with Gasteiger partial charge in [0.25, 0.3) is 5.91 Å². The van der Waals surface area contributed by atoms with Crippen LogP contribution in [0.25, 0.3) is 43.0 Å². The number of ether oxygens (including phenoxy) is 1. The lowest BCUT2D eigenvalue weighted by Crippen LogP contribution is -2.50. The van der Waals surface area contributed by atoms with Crippen LogP contribution in [0.15, 0.2) is 77.8 Å². The summed E-state index contributed by atoms with van der Waals surface area (Å²) < 4.78 is 7.44. The molecule has 2 saturated heterocycles. The van der Waals surface area contributed by atoms with E-state index in [1.165, 1.54) is 4.70 Å². The molecule has 59 heavy (non-hydrogen) atoms. The van der Waals surface area contributed by atoms with Crippen molar-refractivity contribution >= 4 is 56.1 Å². The number of hydrogen-bond acceptors (Lipinski definition) is 9. The van der Waals surface area contributed by atoms with E-state index >= 15 is 0 Å². The Balaban J connectivity index is 0.967. The summed E-state index contributed by atoms with van der Waals surface area (Å²) in [5, 5.41) is 18.8. The Morgan fingerprint density at radius 3 is 2.00 bits per heavy atom. The number of imidazole rings is 2. The van der Waals surface area contributed by atoms with Crippen LogP contribution >= 0.6 is 22.7 Å². The monoisotopic (exact) mass is 834 g/mol. The Bertz CT molecular complexity index is 2460. The molecule has 2 fully saturated rings. The lowest BCUT2D eigenvalue weighted by atomic mass is 10.0. The number of carbonyl (C=O) groups is 4. The van der Waals surface area contributed by atoms with Crippen LogP contribution in [0.1, 0.15) is 81.8 Å². The molecule has 2 aliphatic heterocycles. The second-order valence-corrected chi connectivity index (χ2v) is 16.9. The Labute approximate surface area is 349 Å². The van der Waals surface area contributed by atoms with Crippen molar-refractivity contribution in [2.75, 3.05) is 19.7 Å². The highest BCUT2D eigenvalue weighted by Crippen LogP contribution is 2.44. The fraction of sp³-hybridized carbons (Fsp3) is 0.349. The standard InChI is InChI=1S/C43H46N8O6S2/c1-4-57-43(56)49-35(27-10-6-5-7-11-27)41(53)51-19-9-12-32(51)38-44-20-30(46-38)26-16-14-25(15-17-26)28-22-58-37-29(23-59-36(28)37)31-21-45-39(47-31)33-13-8-18-50(33)40(52)34(24(2)3)48-42(54)55/h5-7,10-11,14-17,20-24,32-35,48H,4,8-9,12-13,18-19H2,1-3H3,(H,44,46)(H,45,47)(H,49,56)(H,54,55)/t32?,33?,34-,35+/m0/s1. The number of rotatable bonds is 12. The molecule has 4 amide bonds. The molecule has 2 unspecified atom stereocenters. The SMILES string of the molecule is CCOC(=O)N[C@@H](C(=O)N1CCCC1c1ncc(-c2ccc(-c3csc4c(-c5cnc(C6CCCN6C(=O)[C@@H](NC(=O)O)C(C)C)[nH]5)csc34)cc2)[nH]1)c1ccccc1. The maximum absolute atomic E-state index is 14.0. The number of benzene rings is 2. The van der Waals surface area contributed by atoms with E-state index in [9.17, 15) is 24.3 Å². The quantitative estimate of drug-likeness (QED) is 0.0812. The third-order valence-electron chi connectivity index (χ3n) is 11.1. The molecule has 306 valence electrons. The molecule has 16 heteroatoms. The smallest absolute Gasteiger partial charge is 0.408 e. The maximum atomic E-state index is 14.0. The van der Waals surface area contributed by atoms with E-state index in [4.69, 9.17) is 14.7 Å². The lowest BCUT2D eigenvalue weighted by molar-refractivity contribution is -0.135. The largest absolute Gasteiger partial charge is 0.465 e. The molecule has 5 N–H and O–H groups in total. The average molecular weight is 835 g/mol. The van der Waals surface area contributed by atoms with Gasteiger partial charge in [-0.15, -0.1) is 22.7 Å². The number of nitrogens with one attached hydrogen (secondary N) is 4. The molecule has 4 aromatic heterocycles. The molecule has 0 radical (unpaired) electrons. The number of nitrogens with zero attached hydrogens (tertiary/aromatic N) is 4. The molecule has 6 aromatic rings. The Hall–Kier alpha value is -6.00. The highest BCUT2D eigenvalue weighted by molar-refractivity contribution is 7.27. The van der Waals surface area contributed by atoms with Gasteiger partial charge in [0, 0.05) is 35.0 Å². The zero-order valence-electron chi connectivity index (χ0n) is 32.9. The first-order valence-electron chi connectivity index (χ1n) is 19.9. The van der Waals surface area contributed by atoms with Gasteiger partial charge < -0.3 is 40.2 Å². The summed E-state index contributed by atoms with van der Waals surface area (Å²) in [6.07, 6.45) is 4.91. The number of carbonyl (C=O) groups excluding carboxylic acids is 3. The van der Waals surface area contributed by atoms with E-state index in [0.717, 1.165) is 64.0 Å². The summed E-state index contributed by atoms with van der Waals surface area (Å²) >= 11 is 3.36. The predicted molar refractivity (Wildman–Crippen MR) is 227 cm³/mol. The fourth-order valence-electron chi connectivity index (χ4n) is 8.18. The molecule has 0 saturated carbocycles. The van der Waals surface area contributed by atoms with Gasteiger partial charge in [0.05, 0.1) is 51.9 Å². The molecule has 2 aliphatic rings. The topological polar surface area (TPSA) is 186 Å². The number of hydrogen-bond donors (Lipinski definition) is 5. The van der Waals surface area contributed by atoms with Gasteiger partial charge in [0.2, 0.25) is 5.91 Å². The Kier molecular flexibility index (Phi) is 11.5. The first kappa shape index (κ1) is 39.8. The average Bonchev–Trinajstić information content (AvgIpc) is 4.09. The van der Waals surface area contributed by atoms with Crippen molar-refractivity contribution in [3.63, 3.8) is 0 Å². The van der Waals surface area contributed by atoms with Gasteiger partial charge in [-0.2, -0.15) is 0 Å². The lowest BCUT2D eigenvalue weighted by Gasteiger charge is -2.29. The molecule has 6 heterocycles. The molecule has 0 bridgehead atoms. The number of amides is 4. The van der Waals surface area contributed by atoms with Crippen molar-refractivity contribution in [2.45, 2.75) is 70.6 Å². The van der Waals surface area contributed by atoms with Crippen LogP contribution in [0, 0.1) is 5.92 Å². The van der Waals surface area contributed by atoms with Gasteiger partial charge in [-0.3, -0.25) is 9.59 Å². The van der Waals surface area contributed by atoms with Crippen molar-refractivity contribution < 1.29 is 29.0 Å². The van der Waals surface area contributed by atoms with Gasteiger partial charge >= 0.3 is 12.2 Å². The van der Waals surface area contributed by atoms with Crippen molar-refractivity contribution in [3.05, 3.63) is 95.0 Å². The molecular formula is C43H46N8O6S2. The van der Waals surface area contributed by atoms with Crippen LogP contribution in [-0.2, 0) is 14.3 Å². The van der Waals surface area contributed by atoms with Crippen molar-refractivity contribution in [1.29, 1.82) is 0 Å². The van der Waals surface area contributed by atoms with E-state index < -0.39 is 24.3 Å². The van der Waals surface area contributed by atoms with Crippen LogP contribution in [0.5, 0.6) is 0 Å². The third-order valence-corrected chi connectivity index (χ3v) is 13.3. The Morgan fingerprint density at radius 1 is 0.797 bits per heavy atom. The molecular weight excluding hydrogens is 789 g/mol. The molecule has 0 spiro atoms. The van der Waals surface area contributed by atoms with Crippen molar-refractivity contribution in [3.8, 4) is 33.6 Å². The van der Waals surface area contributed by atoms with E-state index in [1.807, 2.05) is 50.4 Å². The molecule has 0 aliphatic carbocycles. The molecule has 4 atom stereocenters. The Morgan fingerprint density at radius 2 is 1.37 bits per heavy atom. The minimum absolute atomic E-state index is 0.191. The second-order valence-electron chi connectivity index (χ2n) is 15.2. The number of thiophene rings is 2. The number of alkyl carbamates (subject to hydrolysis) is 1. The summed E-state index contributed by atoms with van der Waals surface area (Å²) in [6.45, 7) is 6.70.